The molecule has 10 heteroatoms. The van der Waals surface area contributed by atoms with Gasteiger partial charge in [0.25, 0.3) is 10.0 Å². The van der Waals surface area contributed by atoms with Gasteiger partial charge in [-0.05, 0) is 78.4 Å². The topological polar surface area (TPSA) is 105 Å². The number of nitrogens with one attached hydrogen (secondary N) is 2. The summed E-state index contributed by atoms with van der Waals surface area (Å²) >= 11 is 1.72. The lowest BCUT2D eigenvalue weighted by atomic mass is 10.2. The van der Waals surface area contributed by atoms with Crippen molar-refractivity contribution in [3.05, 3.63) is 109 Å². The summed E-state index contributed by atoms with van der Waals surface area (Å²) in [5.74, 6) is 0.564. The number of thioether (sulfide) groups is 1. The van der Waals surface area contributed by atoms with Crippen molar-refractivity contribution < 1.29 is 22.7 Å². The molecule has 0 aromatic heterocycles. The monoisotopic (exact) mass is 575 g/mol. The van der Waals surface area contributed by atoms with E-state index >= 15 is 0 Å². The third kappa shape index (κ3) is 7.64. The number of ether oxygens (including phenoxy) is 1. The average molecular weight is 576 g/mol. The van der Waals surface area contributed by atoms with E-state index in [9.17, 15) is 18.0 Å². The summed E-state index contributed by atoms with van der Waals surface area (Å²) in [5, 5.41) is 5.41. The van der Waals surface area contributed by atoms with E-state index in [1.54, 1.807) is 48.2 Å². The van der Waals surface area contributed by atoms with Crippen LogP contribution in [0.4, 0.5) is 17.1 Å². The van der Waals surface area contributed by atoms with Crippen LogP contribution in [0.5, 0.6) is 5.75 Å². The Balaban J connectivity index is 1.50. The number of benzene rings is 4. The lowest BCUT2D eigenvalue weighted by molar-refractivity contribution is -0.115. The van der Waals surface area contributed by atoms with Crippen molar-refractivity contribution >= 4 is 50.7 Å². The van der Waals surface area contributed by atoms with Gasteiger partial charge in [0.05, 0.1) is 17.7 Å². The van der Waals surface area contributed by atoms with E-state index in [1.165, 1.54) is 43.2 Å². The average Bonchev–Trinajstić information content (AvgIpc) is 2.96. The molecule has 0 fully saturated rings. The molecule has 0 aliphatic heterocycles. The maximum Gasteiger partial charge on any atom is 0.264 e. The van der Waals surface area contributed by atoms with Crippen molar-refractivity contribution in [3.63, 3.8) is 0 Å². The first kappa shape index (κ1) is 28.7. The van der Waals surface area contributed by atoms with Gasteiger partial charge in [-0.15, -0.1) is 11.8 Å². The standard InChI is InChI=1S/C30H29N3O5S2/c1-22(34)31-24-12-18-29(19-13-24)40(36,37)33(26-14-16-27(38-2)17-15-26)20-30(35)32-25-10-8-23(9-11-25)21-39-28-6-4-3-5-7-28/h3-19H,20-21H2,1-2H3,(H,31,34)(H,32,35). The van der Waals surface area contributed by atoms with Crippen LogP contribution in [0.3, 0.4) is 0 Å². The molecule has 2 amide bonds. The lowest BCUT2D eigenvalue weighted by Crippen LogP contribution is -2.38. The van der Waals surface area contributed by atoms with Gasteiger partial charge in [-0.2, -0.15) is 0 Å². The Morgan fingerprint density at radius 3 is 2.00 bits per heavy atom. The van der Waals surface area contributed by atoms with E-state index in [-0.39, 0.29) is 10.8 Å². The zero-order valence-corrected chi connectivity index (χ0v) is 23.7. The molecule has 0 spiro atoms. The number of hydrogen-bond acceptors (Lipinski definition) is 6. The Hall–Kier alpha value is -4.28. The quantitative estimate of drug-likeness (QED) is 0.220. The molecule has 0 unspecified atom stereocenters. The summed E-state index contributed by atoms with van der Waals surface area (Å²) in [6.07, 6.45) is 0. The zero-order chi connectivity index (χ0) is 28.5. The molecule has 2 N–H and O–H groups in total. The summed E-state index contributed by atoms with van der Waals surface area (Å²) in [6, 6.07) is 29.7. The number of anilines is 3. The zero-order valence-electron chi connectivity index (χ0n) is 22.0. The predicted octanol–water partition coefficient (Wildman–Crippen LogP) is 5.78. The number of carbonyl (C=O) groups excluding carboxylic acids is 2. The van der Waals surface area contributed by atoms with Crippen molar-refractivity contribution in [1.29, 1.82) is 0 Å². The highest BCUT2D eigenvalue weighted by Crippen LogP contribution is 2.27. The van der Waals surface area contributed by atoms with Crippen LogP contribution in [-0.4, -0.2) is 33.9 Å². The van der Waals surface area contributed by atoms with E-state index in [4.69, 9.17) is 4.74 Å². The molecular formula is C30H29N3O5S2. The maximum atomic E-state index is 13.7. The highest BCUT2D eigenvalue weighted by molar-refractivity contribution is 7.98. The minimum atomic E-state index is -4.13. The fourth-order valence-electron chi connectivity index (χ4n) is 3.80. The van der Waals surface area contributed by atoms with Gasteiger partial charge >= 0.3 is 0 Å². The molecule has 8 nitrogen and oxygen atoms in total. The van der Waals surface area contributed by atoms with Crippen molar-refractivity contribution in [2.75, 3.05) is 28.6 Å². The van der Waals surface area contributed by atoms with Crippen LogP contribution in [0.2, 0.25) is 0 Å². The second-order valence-corrected chi connectivity index (χ2v) is 11.7. The van der Waals surface area contributed by atoms with E-state index in [2.05, 4.69) is 22.8 Å². The normalized spacial score (nSPS) is 10.9. The first-order valence-corrected chi connectivity index (χ1v) is 14.8. The molecule has 0 aliphatic rings. The van der Waals surface area contributed by atoms with Gasteiger partial charge in [-0.3, -0.25) is 13.9 Å². The smallest absolute Gasteiger partial charge is 0.264 e. The maximum absolute atomic E-state index is 13.7. The van der Waals surface area contributed by atoms with E-state index in [0.717, 1.165) is 15.6 Å². The van der Waals surface area contributed by atoms with E-state index in [0.29, 0.717) is 22.8 Å². The summed E-state index contributed by atoms with van der Waals surface area (Å²) in [5.41, 5.74) is 2.42. The number of nitrogens with zero attached hydrogens (tertiary/aromatic N) is 1. The molecule has 206 valence electrons. The Morgan fingerprint density at radius 1 is 0.800 bits per heavy atom. The molecule has 4 aromatic carbocycles. The highest BCUT2D eigenvalue weighted by atomic mass is 32.2. The van der Waals surface area contributed by atoms with Gasteiger partial charge < -0.3 is 15.4 Å². The van der Waals surface area contributed by atoms with Gasteiger partial charge in [0, 0.05) is 28.9 Å². The van der Waals surface area contributed by atoms with Gasteiger partial charge in [0.1, 0.15) is 12.3 Å². The van der Waals surface area contributed by atoms with Crippen LogP contribution in [0.25, 0.3) is 0 Å². The SMILES string of the molecule is COc1ccc(N(CC(=O)Nc2ccc(CSc3ccccc3)cc2)S(=O)(=O)c2ccc(NC(C)=O)cc2)cc1. The molecule has 0 heterocycles. The minimum Gasteiger partial charge on any atom is -0.497 e. The van der Waals surface area contributed by atoms with Crippen LogP contribution in [0.1, 0.15) is 12.5 Å². The minimum absolute atomic E-state index is 0.0227. The molecule has 0 aliphatic carbocycles. The summed E-state index contributed by atoms with van der Waals surface area (Å²) < 4.78 is 33.6. The first-order valence-electron chi connectivity index (χ1n) is 12.4. The largest absolute Gasteiger partial charge is 0.497 e. The summed E-state index contributed by atoms with van der Waals surface area (Å²) in [4.78, 5) is 25.6. The Kier molecular flexibility index (Phi) is 9.47. The summed E-state index contributed by atoms with van der Waals surface area (Å²) in [6.45, 7) is 0.916. The van der Waals surface area contributed by atoms with Gasteiger partial charge in [0.15, 0.2) is 0 Å². The molecule has 0 saturated carbocycles. The molecular weight excluding hydrogens is 546 g/mol. The number of amides is 2. The third-order valence-corrected chi connectivity index (χ3v) is 8.67. The van der Waals surface area contributed by atoms with Gasteiger partial charge in [0.2, 0.25) is 11.8 Å². The van der Waals surface area contributed by atoms with Crippen molar-refractivity contribution in [2.45, 2.75) is 22.5 Å². The molecule has 4 aromatic rings. The number of carbonyl (C=O) groups is 2. The van der Waals surface area contributed by atoms with Crippen molar-refractivity contribution in [3.8, 4) is 5.75 Å². The fourth-order valence-corrected chi connectivity index (χ4v) is 6.10. The van der Waals surface area contributed by atoms with Gasteiger partial charge in [-0.25, -0.2) is 8.42 Å². The number of rotatable bonds is 11. The van der Waals surface area contributed by atoms with Gasteiger partial charge in [-0.1, -0.05) is 30.3 Å². The Bertz CT molecular complexity index is 1540. The number of methoxy groups -OCH3 is 1. The molecule has 0 atom stereocenters. The molecule has 0 bridgehead atoms. The second-order valence-electron chi connectivity index (χ2n) is 8.76. The Morgan fingerprint density at radius 2 is 1.40 bits per heavy atom. The molecule has 0 radical (unpaired) electrons. The van der Waals surface area contributed by atoms with Crippen LogP contribution in [0.15, 0.2) is 113 Å². The van der Waals surface area contributed by atoms with E-state index in [1.807, 2.05) is 30.3 Å². The highest BCUT2D eigenvalue weighted by Gasteiger charge is 2.27. The molecule has 0 saturated heterocycles. The van der Waals surface area contributed by atoms with Crippen molar-refractivity contribution in [2.24, 2.45) is 0 Å². The number of hydrogen-bond donors (Lipinski definition) is 2. The van der Waals surface area contributed by atoms with Crippen LogP contribution >= 0.6 is 11.8 Å². The van der Waals surface area contributed by atoms with Crippen LogP contribution in [0, 0.1) is 0 Å². The predicted molar refractivity (Wildman–Crippen MR) is 159 cm³/mol. The molecule has 4 rings (SSSR count). The van der Waals surface area contributed by atoms with E-state index < -0.39 is 22.5 Å². The molecule has 40 heavy (non-hydrogen) atoms. The second kappa shape index (κ2) is 13.2. The first-order chi connectivity index (χ1) is 19.2. The lowest BCUT2D eigenvalue weighted by Gasteiger charge is -2.24. The number of sulfonamides is 1. The third-order valence-electron chi connectivity index (χ3n) is 5.80. The van der Waals surface area contributed by atoms with Crippen LogP contribution < -0.4 is 19.7 Å². The Labute approximate surface area is 238 Å². The fraction of sp³-hybridized carbons (Fsp3) is 0.133. The van der Waals surface area contributed by atoms with Crippen LogP contribution in [-0.2, 0) is 25.4 Å². The summed E-state index contributed by atoms with van der Waals surface area (Å²) in [7, 11) is -2.62. The van der Waals surface area contributed by atoms with Crippen molar-refractivity contribution in [1.82, 2.24) is 0 Å².